The molecule has 0 saturated carbocycles. The maximum absolute atomic E-state index is 12.2. The second-order valence-electron chi connectivity index (χ2n) is 5.20. The third-order valence-corrected chi connectivity index (χ3v) is 3.64. The second-order valence-corrected chi connectivity index (χ2v) is 5.20. The third-order valence-electron chi connectivity index (χ3n) is 3.64. The molecule has 4 nitrogen and oxygen atoms in total. The van der Waals surface area contributed by atoms with Crippen molar-refractivity contribution in [1.82, 2.24) is 9.88 Å². The summed E-state index contributed by atoms with van der Waals surface area (Å²) in [5, 5.41) is 2.82. The molecule has 0 saturated heterocycles. The number of amides is 1. The highest BCUT2D eigenvalue weighted by molar-refractivity contribution is 5.95. The van der Waals surface area contributed by atoms with Gasteiger partial charge in [0.15, 0.2) is 0 Å². The Labute approximate surface area is 124 Å². The number of carbonyl (C=O) groups is 1. The lowest BCUT2D eigenvalue weighted by molar-refractivity contribution is 0.0951. The minimum absolute atomic E-state index is 0.233. The van der Waals surface area contributed by atoms with Gasteiger partial charge in [0.05, 0.1) is 0 Å². The largest absolute Gasteiger partial charge is 0.352 e. The van der Waals surface area contributed by atoms with Gasteiger partial charge in [0, 0.05) is 19.3 Å². The summed E-state index contributed by atoms with van der Waals surface area (Å²) < 4.78 is 1.50. The molecule has 0 spiro atoms. The van der Waals surface area contributed by atoms with Gasteiger partial charge in [-0.15, -0.1) is 0 Å². The molecule has 21 heavy (non-hydrogen) atoms. The van der Waals surface area contributed by atoms with Gasteiger partial charge in [0.1, 0.15) is 5.56 Å². The molecule has 0 bridgehead atoms. The van der Waals surface area contributed by atoms with E-state index in [1.54, 1.807) is 14.0 Å². The number of hydrogen-bond acceptors (Lipinski definition) is 2. The van der Waals surface area contributed by atoms with Crippen LogP contribution in [0.5, 0.6) is 0 Å². The van der Waals surface area contributed by atoms with Gasteiger partial charge in [-0.25, -0.2) is 0 Å². The van der Waals surface area contributed by atoms with Crippen LogP contribution < -0.4 is 10.9 Å². The smallest absolute Gasteiger partial charge is 0.263 e. The highest BCUT2D eigenvalue weighted by Crippen LogP contribution is 2.05. The first kappa shape index (κ1) is 15.0. The first-order chi connectivity index (χ1) is 10.0. The minimum atomic E-state index is -0.302. The van der Waals surface area contributed by atoms with Crippen LogP contribution in [0.4, 0.5) is 0 Å². The standard InChI is InChI=1S/C17H20N2O2/c1-12-11-13(2)19(3)17(21)15(12)16(20)18-10-9-14-7-5-4-6-8-14/h4-8,11H,9-10H2,1-3H3,(H,18,20). The molecule has 0 radical (unpaired) electrons. The summed E-state index contributed by atoms with van der Waals surface area (Å²) in [4.78, 5) is 24.4. The van der Waals surface area contributed by atoms with Crippen molar-refractivity contribution >= 4 is 5.91 Å². The monoisotopic (exact) mass is 284 g/mol. The van der Waals surface area contributed by atoms with Crippen LogP contribution in [0.15, 0.2) is 41.2 Å². The Morgan fingerprint density at radius 1 is 1.19 bits per heavy atom. The molecule has 0 unspecified atom stereocenters. The van der Waals surface area contributed by atoms with E-state index in [0.717, 1.165) is 17.7 Å². The van der Waals surface area contributed by atoms with Gasteiger partial charge in [-0.05, 0) is 37.5 Å². The number of aryl methyl sites for hydroxylation is 2. The van der Waals surface area contributed by atoms with Gasteiger partial charge < -0.3 is 9.88 Å². The second kappa shape index (κ2) is 6.39. The average molecular weight is 284 g/mol. The molecule has 110 valence electrons. The average Bonchev–Trinajstić information content (AvgIpc) is 2.46. The highest BCUT2D eigenvalue weighted by atomic mass is 16.2. The number of hydrogen-bond donors (Lipinski definition) is 1. The van der Waals surface area contributed by atoms with E-state index in [0.29, 0.717) is 12.1 Å². The zero-order valence-corrected chi connectivity index (χ0v) is 12.6. The topological polar surface area (TPSA) is 51.1 Å². The van der Waals surface area contributed by atoms with E-state index < -0.39 is 0 Å². The van der Waals surface area contributed by atoms with Crippen LogP contribution in [-0.4, -0.2) is 17.0 Å². The Kier molecular flexibility index (Phi) is 4.58. The number of pyridine rings is 1. The highest BCUT2D eigenvalue weighted by Gasteiger charge is 2.15. The van der Waals surface area contributed by atoms with E-state index >= 15 is 0 Å². The van der Waals surface area contributed by atoms with Gasteiger partial charge in [-0.3, -0.25) is 9.59 Å². The molecule has 2 aromatic rings. The zero-order chi connectivity index (χ0) is 15.4. The summed E-state index contributed by atoms with van der Waals surface area (Å²) in [6.45, 7) is 4.16. The lowest BCUT2D eigenvalue weighted by atomic mass is 10.1. The van der Waals surface area contributed by atoms with E-state index in [1.165, 1.54) is 4.57 Å². The van der Waals surface area contributed by atoms with Crippen LogP contribution in [0.3, 0.4) is 0 Å². The van der Waals surface area contributed by atoms with Crippen molar-refractivity contribution in [3.8, 4) is 0 Å². The van der Waals surface area contributed by atoms with Crippen LogP contribution in [0, 0.1) is 13.8 Å². The van der Waals surface area contributed by atoms with Crippen molar-refractivity contribution < 1.29 is 4.79 Å². The molecule has 0 atom stereocenters. The molecular formula is C17H20N2O2. The van der Waals surface area contributed by atoms with Crippen LogP contribution >= 0.6 is 0 Å². The maximum atomic E-state index is 12.2. The van der Waals surface area contributed by atoms with Crippen molar-refractivity contribution in [2.24, 2.45) is 7.05 Å². The Bertz CT molecular complexity index is 703. The van der Waals surface area contributed by atoms with Gasteiger partial charge in [0.25, 0.3) is 11.5 Å². The first-order valence-corrected chi connectivity index (χ1v) is 7.00. The number of nitrogens with one attached hydrogen (secondary N) is 1. The molecular weight excluding hydrogens is 264 g/mol. The van der Waals surface area contributed by atoms with E-state index in [4.69, 9.17) is 0 Å². The summed E-state index contributed by atoms with van der Waals surface area (Å²) in [6.07, 6.45) is 0.748. The van der Waals surface area contributed by atoms with Gasteiger partial charge in [0.2, 0.25) is 0 Å². The fraction of sp³-hybridized carbons (Fsp3) is 0.294. The van der Waals surface area contributed by atoms with E-state index in [2.05, 4.69) is 5.32 Å². The third kappa shape index (κ3) is 3.40. The van der Waals surface area contributed by atoms with Gasteiger partial charge >= 0.3 is 0 Å². The molecule has 0 aliphatic rings. The number of nitrogens with zero attached hydrogens (tertiary/aromatic N) is 1. The van der Waals surface area contributed by atoms with E-state index in [-0.39, 0.29) is 17.0 Å². The first-order valence-electron chi connectivity index (χ1n) is 7.00. The fourth-order valence-electron chi connectivity index (χ4n) is 2.31. The predicted molar refractivity (Wildman–Crippen MR) is 83.6 cm³/mol. The molecule has 1 heterocycles. The quantitative estimate of drug-likeness (QED) is 0.933. The molecule has 1 amide bonds. The summed E-state index contributed by atoms with van der Waals surface area (Å²) in [5.41, 5.74) is 2.71. The zero-order valence-electron chi connectivity index (χ0n) is 12.6. The normalized spacial score (nSPS) is 10.4. The number of rotatable bonds is 4. The maximum Gasteiger partial charge on any atom is 0.263 e. The van der Waals surface area contributed by atoms with Crippen molar-refractivity contribution in [2.75, 3.05) is 6.54 Å². The Hall–Kier alpha value is -2.36. The van der Waals surface area contributed by atoms with Crippen molar-refractivity contribution in [3.63, 3.8) is 0 Å². The van der Waals surface area contributed by atoms with Crippen molar-refractivity contribution in [3.05, 3.63) is 69.1 Å². The molecule has 0 aliphatic heterocycles. The summed E-state index contributed by atoms with van der Waals surface area (Å²) in [7, 11) is 1.68. The number of benzene rings is 1. The number of carbonyl (C=O) groups excluding carboxylic acids is 1. The van der Waals surface area contributed by atoms with E-state index in [1.807, 2.05) is 43.3 Å². The van der Waals surface area contributed by atoms with Crippen LogP contribution in [-0.2, 0) is 13.5 Å². The lowest BCUT2D eigenvalue weighted by Gasteiger charge is -2.11. The molecule has 1 aromatic carbocycles. The van der Waals surface area contributed by atoms with Crippen LogP contribution in [0.2, 0.25) is 0 Å². The van der Waals surface area contributed by atoms with E-state index in [9.17, 15) is 9.59 Å². The van der Waals surface area contributed by atoms with Crippen LogP contribution in [0.25, 0.3) is 0 Å². The molecule has 0 aliphatic carbocycles. The molecule has 1 N–H and O–H groups in total. The fourth-order valence-corrected chi connectivity index (χ4v) is 2.31. The lowest BCUT2D eigenvalue weighted by Crippen LogP contribution is -2.35. The van der Waals surface area contributed by atoms with Crippen LogP contribution in [0.1, 0.15) is 27.2 Å². The predicted octanol–water partition coefficient (Wildman–Crippen LogP) is 1.97. The molecule has 2 rings (SSSR count). The summed E-state index contributed by atoms with van der Waals surface area (Å²) in [5.74, 6) is -0.302. The Morgan fingerprint density at radius 3 is 2.52 bits per heavy atom. The Balaban J connectivity index is 2.08. The van der Waals surface area contributed by atoms with Crippen molar-refractivity contribution in [1.29, 1.82) is 0 Å². The molecule has 0 fully saturated rings. The SMILES string of the molecule is Cc1cc(C)n(C)c(=O)c1C(=O)NCCc1ccccc1. The minimum Gasteiger partial charge on any atom is -0.352 e. The number of aromatic nitrogens is 1. The van der Waals surface area contributed by atoms with Crippen molar-refractivity contribution in [2.45, 2.75) is 20.3 Å². The summed E-state index contributed by atoms with van der Waals surface area (Å²) in [6, 6.07) is 11.8. The van der Waals surface area contributed by atoms with Gasteiger partial charge in [-0.1, -0.05) is 30.3 Å². The Morgan fingerprint density at radius 2 is 1.86 bits per heavy atom. The summed E-state index contributed by atoms with van der Waals surface area (Å²) >= 11 is 0. The van der Waals surface area contributed by atoms with Gasteiger partial charge in [-0.2, -0.15) is 0 Å². The molecule has 1 aromatic heterocycles. The molecule has 4 heteroatoms.